The Labute approximate surface area is 111 Å². The largest absolute Gasteiger partial charge is 0.468 e. The fourth-order valence-corrected chi connectivity index (χ4v) is 2.85. The quantitative estimate of drug-likeness (QED) is 0.707. The molecule has 0 heterocycles. The van der Waals surface area contributed by atoms with Crippen molar-refractivity contribution in [3.63, 3.8) is 0 Å². The van der Waals surface area contributed by atoms with Gasteiger partial charge in [0.05, 0.1) is 7.11 Å². The summed E-state index contributed by atoms with van der Waals surface area (Å²) in [7, 11) is 1.39. The van der Waals surface area contributed by atoms with Crippen LogP contribution in [0.5, 0.6) is 0 Å². The van der Waals surface area contributed by atoms with E-state index in [0.717, 1.165) is 25.6 Å². The summed E-state index contributed by atoms with van der Waals surface area (Å²) < 4.78 is 4.72. The van der Waals surface area contributed by atoms with Crippen LogP contribution in [-0.4, -0.2) is 42.6 Å². The first-order chi connectivity index (χ1) is 8.51. The van der Waals surface area contributed by atoms with Gasteiger partial charge in [-0.05, 0) is 45.7 Å². The molecule has 0 bridgehead atoms. The highest BCUT2D eigenvalue weighted by Gasteiger charge is 2.29. The van der Waals surface area contributed by atoms with Crippen molar-refractivity contribution in [2.75, 3.05) is 20.2 Å². The molecule has 1 unspecified atom stereocenters. The average molecular weight is 256 g/mol. The summed E-state index contributed by atoms with van der Waals surface area (Å²) in [4.78, 5) is 14.0. The molecule has 1 rings (SSSR count). The van der Waals surface area contributed by atoms with Gasteiger partial charge in [-0.1, -0.05) is 19.8 Å². The zero-order valence-corrected chi connectivity index (χ0v) is 12.1. The molecule has 0 saturated heterocycles. The van der Waals surface area contributed by atoms with Crippen LogP contribution in [0.25, 0.3) is 0 Å². The molecule has 0 spiro atoms. The molecular formula is C14H28N2O2. The average Bonchev–Trinajstić information content (AvgIpc) is 2.87. The van der Waals surface area contributed by atoms with Gasteiger partial charge in [-0.15, -0.1) is 0 Å². The molecule has 18 heavy (non-hydrogen) atoms. The standard InChI is InChI=1S/C14H28N2O2/c1-4-16(12-8-5-6-9-12)11-7-10-14(2,15)13(17)18-3/h12H,4-11,15H2,1-3H3. The second-order valence-electron chi connectivity index (χ2n) is 5.58. The van der Waals surface area contributed by atoms with Crippen molar-refractivity contribution in [1.29, 1.82) is 0 Å². The van der Waals surface area contributed by atoms with Crippen molar-refractivity contribution in [1.82, 2.24) is 4.90 Å². The van der Waals surface area contributed by atoms with Gasteiger partial charge in [0, 0.05) is 6.04 Å². The predicted octanol–water partition coefficient (Wildman–Crippen LogP) is 1.92. The highest BCUT2D eigenvalue weighted by atomic mass is 16.5. The Morgan fingerprint density at radius 2 is 2.06 bits per heavy atom. The molecule has 1 atom stereocenters. The Balaban J connectivity index is 2.32. The number of methoxy groups -OCH3 is 1. The van der Waals surface area contributed by atoms with Crippen molar-refractivity contribution >= 4 is 5.97 Å². The number of rotatable bonds is 7. The summed E-state index contributed by atoms with van der Waals surface area (Å²) in [5, 5.41) is 0. The van der Waals surface area contributed by atoms with Gasteiger partial charge in [-0.3, -0.25) is 4.79 Å². The van der Waals surface area contributed by atoms with Crippen LogP contribution in [0.3, 0.4) is 0 Å². The van der Waals surface area contributed by atoms with Gasteiger partial charge in [0.25, 0.3) is 0 Å². The van der Waals surface area contributed by atoms with Crippen LogP contribution in [0.15, 0.2) is 0 Å². The topological polar surface area (TPSA) is 55.6 Å². The Morgan fingerprint density at radius 3 is 2.56 bits per heavy atom. The van der Waals surface area contributed by atoms with Gasteiger partial charge < -0.3 is 15.4 Å². The molecule has 4 nitrogen and oxygen atoms in total. The molecule has 1 fully saturated rings. The van der Waals surface area contributed by atoms with E-state index in [4.69, 9.17) is 10.5 Å². The van der Waals surface area contributed by atoms with E-state index in [2.05, 4.69) is 11.8 Å². The number of carbonyl (C=O) groups excluding carboxylic acids is 1. The van der Waals surface area contributed by atoms with Gasteiger partial charge in [-0.25, -0.2) is 0 Å². The SMILES string of the molecule is CCN(CCCC(C)(N)C(=O)OC)C1CCCC1. The number of hydrogen-bond donors (Lipinski definition) is 1. The van der Waals surface area contributed by atoms with Crippen molar-refractivity contribution in [3.8, 4) is 0 Å². The van der Waals surface area contributed by atoms with E-state index in [9.17, 15) is 4.79 Å². The molecule has 4 heteroatoms. The monoisotopic (exact) mass is 256 g/mol. The molecule has 1 aliphatic carbocycles. The number of hydrogen-bond acceptors (Lipinski definition) is 4. The summed E-state index contributed by atoms with van der Waals surface area (Å²) in [6, 6.07) is 0.747. The van der Waals surface area contributed by atoms with Crippen molar-refractivity contribution in [2.24, 2.45) is 5.73 Å². The fraction of sp³-hybridized carbons (Fsp3) is 0.929. The highest BCUT2D eigenvalue weighted by molar-refractivity contribution is 5.79. The Morgan fingerprint density at radius 1 is 1.44 bits per heavy atom. The van der Waals surface area contributed by atoms with Crippen LogP contribution in [0.4, 0.5) is 0 Å². The second-order valence-corrected chi connectivity index (χ2v) is 5.58. The van der Waals surface area contributed by atoms with Crippen molar-refractivity contribution < 1.29 is 9.53 Å². The minimum Gasteiger partial charge on any atom is -0.468 e. The molecule has 0 radical (unpaired) electrons. The lowest BCUT2D eigenvalue weighted by Gasteiger charge is -2.29. The van der Waals surface area contributed by atoms with E-state index in [1.807, 2.05) is 0 Å². The summed E-state index contributed by atoms with van der Waals surface area (Å²) >= 11 is 0. The molecule has 0 aromatic carbocycles. The van der Waals surface area contributed by atoms with Crippen LogP contribution in [0, 0.1) is 0 Å². The highest BCUT2D eigenvalue weighted by Crippen LogP contribution is 2.24. The molecule has 0 aromatic rings. The van der Waals surface area contributed by atoms with Gasteiger partial charge in [-0.2, -0.15) is 0 Å². The number of esters is 1. The van der Waals surface area contributed by atoms with Crippen LogP contribution in [0.2, 0.25) is 0 Å². The van der Waals surface area contributed by atoms with Gasteiger partial charge in [0.15, 0.2) is 0 Å². The first-order valence-electron chi connectivity index (χ1n) is 7.12. The van der Waals surface area contributed by atoms with Gasteiger partial charge in [0.2, 0.25) is 0 Å². The van der Waals surface area contributed by atoms with E-state index in [0.29, 0.717) is 6.42 Å². The lowest BCUT2D eigenvalue weighted by atomic mass is 9.97. The van der Waals surface area contributed by atoms with Gasteiger partial charge >= 0.3 is 5.97 Å². The maximum atomic E-state index is 11.5. The number of nitrogens with two attached hydrogens (primary N) is 1. The molecule has 0 aliphatic heterocycles. The normalized spacial score (nSPS) is 20.1. The molecule has 1 aliphatic rings. The molecule has 2 N–H and O–H groups in total. The second kappa shape index (κ2) is 7.10. The van der Waals surface area contributed by atoms with Crippen LogP contribution in [-0.2, 0) is 9.53 Å². The minimum absolute atomic E-state index is 0.314. The number of nitrogens with zero attached hydrogens (tertiary/aromatic N) is 1. The zero-order valence-electron chi connectivity index (χ0n) is 12.1. The smallest absolute Gasteiger partial charge is 0.325 e. The third-order valence-corrected chi connectivity index (χ3v) is 4.04. The summed E-state index contributed by atoms with van der Waals surface area (Å²) in [6.45, 7) is 6.08. The zero-order chi connectivity index (χ0) is 13.6. The Hall–Kier alpha value is -0.610. The Bertz CT molecular complexity index is 261. The van der Waals surface area contributed by atoms with E-state index in [1.54, 1.807) is 6.92 Å². The summed E-state index contributed by atoms with van der Waals surface area (Å²) in [5.74, 6) is -0.314. The van der Waals surface area contributed by atoms with Crippen molar-refractivity contribution in [3.05, 3.63) is 0 Å². The van der Waals surface area contributed by atoms with Crippen LogP contribution < -0.4 is 5.73 Å². The maximum Gasteiger partial charge on any atom is 0.325 e. The van der Waals surface area contributed by atoms with E-state index >= 15 is 0 Å². The predicted molar refractivity (Wildman–Crippen MR) is 73.3 cm³/mol. The van der Waals surface area contributed by atoms with E-state index < -0.39 is 5.54 Å². The van der Waals surface area contributed by atoms with E-state index in [1.165, 1.54) is 32.8 Å². The molecular weight excluding hydrogens is 228 g/mol. The lowest BCUT2D eigenvalue weighted by Crippen LogP contribution is -2.46. The third kappa shape index (κ3) is 4.25. The lowest BCUT2D eigenvalue weighted by molar-refractivity contribution is -0.146. The van der Waals surface area contributed by atoms with Crippen molar-refractivity contribution in [2.45, 2.75) is 64.0 Å². The molecule has 0 aromatic heterocycles. The fourth-order valence-electron chi connectivity index (χ4n) is 2.85. The Kier molecular flexibility index (Phi) is 6.09. The molecule has 106 valence electrons. The minimum atomic E-state index is -0.843. The first kappa shape index (κ1) is 15.4. The summed E-state index contributed by atoms with van der Waals surface area (Å²) in [5.41, 5.74) is 5.12. The maximum absolute atomic E-state index is 11.5. The van der Waals surface area contributed by atoms with Crippen LogP contribution in [0.1, 0.15) is 52.4 Å². The molecule has 0 amide bonds. The third-order valence-electron chi connectivity index (χ3n) is 4.04. The van der Waals surface area contributed by atoms with Crippen LogP contribution >= 0.6 is 0 Å². The van der Waals surface area contributed by atoms with E-state index in [-0.39, 0.29) is 5.97 Å². The number of ether oxygens (including phenoxy) is 1. The molecule has 1 saturated carbocycles. The number of carbonyl (C=O) groups is 1. The summed E-state index contributed by atoms with van der Waals surface area (Å²) in [6.07, 6.45) is 7.00. The van der Waals surface area contributed by atoms with Gasteiger partial charge in [0.1, 0.15) is 5.54 Å². The first-order valence-corrected chi connectivity index (χ1v) is 7.12.